The normalized spacial score (nSPS) is 11.3. The molecular formula is C14H24N2. The molecule has 0 saturated heterocycles. The van der Waals surface area contributed by atoms with Crippen molar-refractivity contribution in [1.82, 2.24) is 4.90 Å². The maximum absolute atomic E-state index is 5.66. The minimum Gasteiger partial charge on any atom is -0.399 e. The molecule has 0 unspecified atom stereocenters. The van der Waals surface area contributed by atoms with E-state index in [1.54, 1.807) is 0 Å². The molecule has 0 aliphatic heterocycles. The SMILES string of the molecule is CCN(CCc1ccc(N)cc1)CC(C)C. The number of hydrogen-bond donors (Lipinski definition) is 1. The molecule has 90 valence electrons. The number of nitrogens with zero attached hydrogens (tertiary/aromatic N) is 1. The summed E-state index contributed by atoms with van der Waals surface area (Å²) < 4.78 is 0. The van der Waals surface area contributed by atoms with Gasteiger partial charge in [0, 0.05) is 18.8 Å². The summed E-state index contributed by atoms with van der Waals surface area (Å²) in [5.74, 6) is 0.742. The molecule has 0 radical (unpaired) electrons. The molecule has 0 saturated carbocycles. The van der Waals surface area contributed by atoms with E-state index >= 15 is 0 Å². The lowest BCUT2D eigenvalue weighted by Gasteiger charge is -2.22. The Bertz CT molecular complexity index is 290. The van der Waals surface area contributed by atoms with Crippen molar-refractivity contribution in [3.63, 3.8) is 0 Å². The Morgan fingerprint density at radius 2 is 1.81 bits per heavy atom. The Morgan fingerprint density at radius 1 is 1.19 bits per heavy atom. The van der Waals surface area contributed by atoms with Crippen LogP contribution in [0.2, 0.25) is 0 Å². The van der Waals surface area contributed by atoms with E-state index in [4.69, 9.17) is 5.73 Å². The van der Waals surface area contributed by atoms with E-state index in [1.807, 2.05) is 12.1 Å². The molecule has 1 aromatic carbocycles. The van der Waals surface area contributed by atoms with Gasteiger partial charge in [-0.05, 0) is 36.6 Å². The highest BCUT2D eigenvalue weighted by molar-refractivity contribution is 5.39. The second-order valence-corrected chi connectivity index (χ2v) is 4.78. The van der Waals surface area contributed by atoms with Gasteiger partial charge in [0.25, 0.3) is 0 Å². The highest BCUT2D eigenvalue weighted by Crippen LogP contribution is 2.07. The summed E-state index contributed by atoms with van der Waals surface area (Å²) in [5, 5.41) is 0. The maximum Gasteiger partial charge on any atom is 0.0314 e. The Balaban J connectivity index is 2.40. The summed E-state index contributed by atoms with van der Waals surface area (Å²) in [4.78, 5) is 2.50. The fourth-order valence-electron chi connectivity index (χ4n) is 1.87. The molecule has 0 atom stereocenters. The van der Waals surface area contributed by atoms with Gasteiger partial charge in [-0.15, -0.1) is 0 Å². The Morgan fingerprint density at radius 3 is 2.31 bits per heavy atom. The van der Waals surface area contributed by atoms with Gasteiger partial charge >= 0.3 is 0 Å². The van der Waals surface area contributed by atoms with Crippen LogP contribution in [0.3, 0.4) is 0 Å². The van der Waals surface area contributed by atoms with Crippen LogP contribution in [-0.2, 0) is 6.42 Å². The fourth-order valence-corrected chi connectivity index (χ4v) is 1.87. The lowest BCUT2D eigenvalue weighted by atomic mass is 10.1. The highest BCUT2D eigenvalue weighted by atomic mass is 15.1. The Hall–Kier alpha value is -1.02. The summed E-state index contributed by atoms with van der Waals surface area (Å²) in [5.41, 5.74) is 7.88. The van der Waals surface area contributed by atoms with Crippen LogP contribution in [0.1, 0.15) is 26.3 Å². The average molecular weight is 220 g/mol. The zero-order valence-electron chi connectivity index (χ0n) is 10.7. The largest absolute Gasteiger partial charge is 0.399 e. The van der Waals surface area contributed by atoms with Crippen LogP contribution in [-0.4, -0.2) is 24.5 Å². The fraction of sp³-hybridized carbons (Fsp3) is 0.571. The quantitative estimate of drug-likeness (QED) is 0.747. The molecule has 0 fully saturated rings. The standard InChI is InChI=1S/C14H24N2/c1-4-16(11-12(2)3)10-9-13-5-7-14(15)8-6-13/h5-8,12H,4,9-11,15H2,1-3H3. The van der Waals surface area contributed by atoms with E-state index in [2.05, 4.69) is 37.8 Å². The number of likely N-dealkylation sites (N-methyl/N-ethyl adjacent to an activating group) is 1. The zero-order valence-corrected chi connectivity index (χ0v) is 10.7. The second kappa shape index (κ2) is 6.54. The summed E-state index contributed by atoms with van der Waals surface area (Å²) in [7, 11) is 0. The molecule has 1 rings (SSSR count). The van der Waals surface area contributed by atoms with Crippen molar-refractivity contribution in [3.05, 3.63) is 29.8 Å². The number of nitrogens with two attached hydrogens (primary N) is 1. The van der Waals surface area contributed by atoms with E-state index in [-0.39, 0.29) is 0 Å². The van der Waals surface area contributed by atoms with Crippen molar-refractivity contribution in [2.75, 3.05) is 25.4 Å². The third-order valence-electron chi connectivity index (χ3n) is 2.77. The summed E-state index contributed by atoms with van der Waals surface area (Å²) >= 11 is 0. The van der Waals surface area contributed by atoms with E-state index in [1.165, 1.54) is 12.1 Å². The minimum absolute atomic E-state index is 0.742. The van der Waals surface area contributed by atoms with Crippen LogP contribution in [0.15, 0.2) is 24.3 Å². The van der Waals surface area contributed by atoms with E-state index in [0.29, 0.717) is 0 Å². The van der Waals surface area contributed by atoms with Gasteiger partial charge in [-0.1, -0.05) is 32.9 Å². The van der Waals surface area contributed by atoms with Crippen molar-refractivity contribution >= 4 is 5.69 Å². The van der Waals surface area contributed by atoms with Gasteiger partial charge < -0.3 is 10.6 Å². The molecule has 0 amide bonds. The van der Waals surface area contributed by atoms with E-state index in [9.17, 15) is 0 Å². The van der Waals surface area contributed by atoms with Gasteiger partial charge in [-0.25, -0.2) is 0 Å². The van der Waals surface area contributed by atoms with Gasteiger partial charge in [0.1, 0.15) is 0 Å². The predicted molar refractivity (Wildman–Crippen MR) is 71.5 cm³/mol. The van der Waals surface area contributed by atoms with Gasteiger partial charge in [0.05, 0.1) is 0 Å². The molecule has 0 aliphatic carbocycles. The van der Waals surface area contributed by atoms with Crippen LogP contribution in [0, 0.1) is 5.92 Å². The van der Waals surface area contributed by atoms with E-state index < -0.39 is 0 Å². The maximum atomic E-state index is 5.66. The molecule has 1 aromatic rings. The number of hydrogen-bond acceptors (Lipinski definition) is 2. The molecule has 2 nitrogen and oxygen atoms in total. The Labute approximate surface area is 99.5 Å². The smallest absolute Gasteiger partial charge is 0.0314 e. The average Bonchev–Trinajstić information content (AvgIpc) is 2.26. The molecule has 0 spiro atoms. The van der Waals surface area contributed by atoms with Crippen LogP contribution in [0.4, 0.5) is 5.69 Å². The van der Waals surface area contributed by atoms with Crippen LogP contribution < -0.4 is 5.73 Å². The van der Waals surface area contributed by atoms with Crippen LogP contribution in [0.25, 0.3) is 0 Å². The molecule has 16 heavy (non-hydrogen) atoms. The predicted octanol–water partition coefficient (Wildman–Crippen LogP) is 2.79. The molecule has 0 bridgehead atoms. The summed E-state index contributed by atoms with van der Waals surface area (Å²) in [6, 6.07) is 8.21. The number of anilines is 1. The molecular weight excluding hydrogens is 196 g/mol. The summed E-state index contributed by atoms with van der Waals surface area (Å²) in [6.45, 7) is 10.2. The van der Waals surface area contributed by atoms with Crippen molar-refractivity contribution in [1.29, 1.82) is 0 Å². The molecule has 0 aromatic heterocycles. The molecule has 2 heteroatoms. The van der Waals surface area contributed by atoms with E-state index in [0.717, 1.165) is 31.1 Å². The molecule has 0 heterocycles. The summed E-state index contributed by atoms with van der Waals surface area (Å²) in [6.07, 6.45) is 1.11. The van der Waals surface area contributed by atoms with Crippen molar-refractivity contribution in [2.45, 2.75) is 27.2 Å². The topological polar surface area (TPSA) is 29.3 Å². The van der Waals surface area contributed by atoms with Crippen molar-refractivity contribution in [2.24, 2.45) is 5.92 Å². The lowest BCUT2D eigenvalue weighted by molar-refractivity contribution is 0.259. The first-order valence-electron chi connectivity index (χ1n) is 6.18. The highest BCUT2D eigenvalue weighted by Gasteiger charge is 2.04. The zero-order chi connectivity index (χ0) is 12.0. The Kier molecular flexibility index (Phi) is 5.33. The first kappa shape index (κ1) is 13.0. The van der Waals surface area contributed by atoms with Crippen molar-refractivity contribution < 1.29 is 0 Å². The van der Waals surface area contributed by atoms with Gasteiger partial charge in [-0.3, -0.25) is 0 Å². The van der Waals surface area contributed by atoms with Gasteiger partial charge in [-0.2, -0.15) is 0 Å². The minimum atomic E-state index is 0.742. The number of nitrogen functional groups attached to an aromatic ring is 1. The third-order valence-corrected chi connectivity index (χ3v) is 2.77. The first-order valence-corrected chi connectivity index (χ1v) is 6.18. The van der Waals surface area contributed by atoms with Gasteiger partial charge in [0.2, 0.25) is 0 Å². The second-order valence-electron chi connectivity index (χ2n) is 4.78. The lowest BCUT2D eigenvalue weighted by Crippen LogP contribution is -2.29. The third kappa shape index (κ3) is 4.67. The molecule has 0 aliphatic rings. The van der Waals surface area contributed by atoms with Crippen LogP contribution >= 0.6 is 0 Å². The van der Waals surface area contributed by atoms with Crippen LogP contribution in [0.5, 0.6) is 0 Å². The number of rotatable bonds is 6. The first-order chi connectivity index (χ1) is 7.61. The number of benzene rings is 1. The van der Waals surface area contributed by atoms with Gasteiger partial charge in [0.15, 0.2) is 0 Å². The van der Waals surface area contributed by atoms with Crippen molar-refractivity contribution in [3.8, 4) is 0 Å². The molecule has 2 N–H and O–H groups in total. The monoisotopic (exact) mass is 220 g/mol.